The maximum atomic E-state index is 13.6. The van der Waals surface area contributed by atoms with E-state index in [2.05, 4.69) is 0 Å². The van der Waals surface area contributed by atoms with Gasteiger partial charge in [0.1, 0.15) is 18.2 Å². The molecule has 4 heteroatoms. The molecule has 1 atom stereocenters. The van der Waals surface area contributed by atoms with Gasteiger partial charge in [-0.2, -0.15) is 0 Å². The first-order valence-electron chi connectivity index (χ1n) is 5.91. The zero-order valence-electron chi connectivity index (χ0n) is 10.4. The molecule has 2 nitrogen and oxygen atoms in total. The van der Waals surface area contributed by atoms with Crippen molar-refractivity contribution >= 4 is 11.6 Å². The minimum Gasteiger partial charge on any atom is -0.489 e. The molecule has 0 aliphatic rings. The predicted octanol–water partition coefficient (Wildman–Crippen LogP) is 4.11. The summed E-state index contributed by atoms with van der Waals surface area (Å²) in [7, 11) is 0. The number of halogens is 2. The highest BCUT2D eigenvalue weighted by Crippen LogP contribution is 2.22. The van der Waals surface area contributed by atoms with Gasteiger partial charge >= 0.3 is 0 Å². The van der Waals surface area contributed by atoms with Gasteiger partial charge < -0.3 is 9.84 Å². The third-order valence-corrected chi connectivity index (χ3v) is 2.95. The number of benzene rings is 2. The maximum absolute atomic E-state index is 13.6. The molecule has 2 rings (SSSR count). The summed E-state index contributed by atoms with van der Waals surface area (Å²) in [5.74, 6) is -0.0551. The minimum atomic E-state index is -0.832. The van der Waals surface area contributed by atoms with Crippen LogP contribution < -0.4 is 4.74 Å². The lowest BCUT2D eigenvalue weighted by molar-refractivity contribution is 0.194. The molecule has 0 amide bonds. The monoisotopic (exact) mass is 280 g/mol. The summed E-state index contributed by atoms with van der Waals surface area (Å²) in [6.07, 6.45) is -0.832. The van der Waals surface area contributed by atoms with Crippen LogP contribution in [-0.4, -0.2) is 5.11 Å². The van der Waals surface area contributed by atoms with E-state index in [4.69, 9.17) is 16.3 Å². The first kappa shape index (κ1) is 13.8. The van der Waals surface area contributed by atoms with Gasteiger partial charge in [0.05, 0.1) is 6.10 Å². The Morgan fingerprint density at radius 2 is 2.05 bits per heavy atom. The SMILES string of the molecule is CC(O)c1ccc(OCc2cccc(Cl)c2)cc1F. The summed E-state index contributed by atoms with van der Waals surface area (Å²) in [6.45, 7) is 1.83. The van der Waals surface area contributed by atoms with Gasteiger partial charge in [0.2, 0.25) is 0 Å². The van der Waals surface area contributed by atoms with Gasteiger partial charge in [0, 0.05) is 16.7 Å². The summed E-state index contributed by atoms with van der Waals surface area (Å²) in [5.41, 5.74) is 1.17. The number of aliphatic hydroxyl groups is 1. The van der Waals surface area contributed by atoms with Gasteiger partial charge in [-0.3, -0.25) is 0 Å². The summed E-state index contributed by atoms with van der Waals surface area (Å²) in [4.78, 5) is 0. The van der Waals surface area contributed by atoms with E-state index in [0.29, 0.717) is 17.4 Å². The van der Waals surface area contributed by atoms with Crippen molar-refractivity contribution in [3.63, 3.8) is 0 Å². The van der Waals surface area contributed by atoms with Crippen molar-refractivity contribution in [2.45, 2.75) is 19.6 Å². The molecule has 0 heterocycles. The Balaban J connectivity index is 2.06. The lowest BCUT2D eigenvalue weighted by Gasteiger charge is -2.10. The van der Waals surface area contributed by atoms with Crippen molar-refractivity contribution in [2.75, 3.05) is 0 Å². The number of hydrogen-bond donors (Lipinski definition) is 1. The van der Waals surface area contributed by atoms with Gasteiger partial charge in [-0.15, -0.1) is 0 Å². The number of ether oxygens (including phenoxy) is 1. The number of aliphatic hydroxyl groups excluding tert-OH is 1. The van der Waals surface area contributed by atoms with Gasteiger partial charge in [-0.1, -0.05) is 23.7 Å². The molecule has 0 spiro atoms. The standard InChI is InChI=1S/C15H14ClFO2/c1-10(18)14-6-5-13(8-15(14)17)19-9-11-3-2-4-12(16)7-11/h2-8,10,18H,9H2,1H3. The van der Waals surface area contributed by atoms with E-state index in [0.717, 1.165) is 5.56 Å². The predicted molar refractivity (Wildman–Crippen MR) is 72.8 cm³/mol. The van der Waals surface area contributed by atoms with Crippen molar-refractivity contribution in [1.82, 2.24) is 0 Å². The molecule has 0 radical (unpaired) electrons. The average molecular weight is 281 g/mol. The molecular weight excluding hydrogens is 267 g/mol. The lowest BCUT2D eigenvalue weighted by Crippen LogP contribution is -1.99. The minimum absolute atomic E-state index is 0.259. The molecule has 0 aromatic heterocycles. The molecule has 100 valence electrons. The van der Waals surface area contributed by atoms with Crippen molar-refractivity contribution in [1.29, 1.82) is 0 Å². The smallest absolute Gasteiger partial charge is 0.132 e. The highest BCUT2D eigenvalue weighted by atomic mass is 35.5. The maximum Gasteiger partial charge on any atom is 0.132 e. The summed E-state index contributed by atoms with van der Waals surface area (Å²) >= 11 is 5.86. The van der Waals surface area contributed by atoms with Crippen LogP contribution >= 0.6 is 11.6 Å². The molecule has 2 aromatic carbocycles. The summed E-state index contributed by atoms with van der Waals surface area (Å²) in [5, 5.41) is 9.97. The van der Waals surface area contributed by atoms with E-state index in [1.165, 1.54) is 19.1 Å². The fourth-order valence-corrected chi connectivity index (χ4v) is 1.94. The van der Waals surface area contributed by atoms with Gasteiger partial charge in [-0.25, -0.2) is 4.39 Å². The van der Waals surface area contributed by atoms with E-state index < -0.39 is 11.9 Å². The molecule has 0 saturated carbocycles. The quantitative estimate of drug-likeness (QED) is 0.913. The highest BCUT2D eigenvalue weighted by molar-refractivity contribution is 6.30. The van der Waals surface area contributed by atoms with Crippen LogP contribution in [0.5, 0.6) is 5.75 Å². The van der Waals surface area contributed by atoms with Gasteiger partial charge in [0.25, 0.3) is 0 Å². The Morgan fingerprint density at radius 1 is 1.26 bits per heavy atom. The van der Waals surface area contributed by atoms with Crippen LogP contribution in [0.4, 0.5) is 4.39 Å². The second-order valence-electron chi connectivity index (χ2n) is 4.28. The molecule has 0 fully saturated rings. The topological polar surface area (TPSA) is 29.5 Å². The molecule has 19 heavy (non-hydrogen) atoms. The number of hydrogen-bond acceptors (Lipinski definition) is 2. The molecule has 2 aromatic rings. The summed E-state index contributed by atoms with van der Waals surface area (Å²) in [6, 6.07) is 11.7. The largest absolute Gasteiger partial charge is 0.489 e. The first-order valence-corrected chi connectivity index (χ1v) is 6.29. The van der Waals surface area contributed by atoms with E-state index in [1.54, 1.807) is 18.2 Å². The Hall–Kier alpha value is -1.58. The van der Waals surface area contributed by atoms with Crippen molar-refractivity contribution in [2.24, 2.45) is 0 Å². The Morgan fingerprint density at radius 3 is 2.68 bits per heavy atom. The fraction of sp³-hybridized carbons (Fsp3) is 0.200. The Bertz CT molecular complexity index is 570. The molecular formula is C15H14ClFO2. The van der Waals surface area contributed by atoms with Crippen molar-refractivity contribution in [3.8, 4) is 5.75 Å². The molecule has 0 saturated heterocycles. The van der Waals surface area contributed by atoms with Crippen LogP contribution in [0.2, 0.25) is 5.02 Å². The molecule has 1 N–H and O–H groups in total. The van der Waals surface area contributed by atoms with Gasteiger partial charge in [0.15, 0.2) is 0 Å². The molecule has 0 bridgehead atoms. The van der Waals surface area contributed by atoms with Crippen LogP contribution in [-0.2, 0) is 6.61 Å². The zero-order chi connectivity index (χ0) is 13.8. The second-order valence-corrected chi connectivity index (χ2v) is 4.71. The molecule has 0 aliphatic heterocycles. The van der Waals surface area contributed by atoms with E-state index in [9.17, 15) is 9.50 Å². The van der Waals surface area contributed by atoms with Crippen molar-refractivity contribution < 1.29 is 14.2 Å². The van der Waals surface area contributed by atoms with Crippen LogP contribution in [0.25, 0.3) is 0 Å². The molecule has 0 aliphatic carbocycles. The van der Waals surface area contributed by atoms with Gasteiger partial charge in [-0.05, 0) is 36.8 Å². The van der Waals surface area contributed by atoms with Crippen LogP contribution in [0.15, 0.2) is 42.5 Å². The van der Waals surface area contributed by atoms with E-state index >= 15 is 0 Å². The molecule has 1 unspecified atom stereocenters. The first-order chi connectivity index (χ1) is 9.06. The third-order valence-electron chi connectivity index (χ3n) is 2.72. The van der Waals surface area contributed by atoms with Crippen molar-refractivity contribution in [3.05, 3.63) is 64.4 Å². The highest BCUT2D eigenvalue weighted by Gasteiger charge is 2.09. The van der Waals surface area contributed by atoms with Crippen LogP contribution in [0.1, 0.15) is 24.2 Å². The average Bonchev–Trinajstić information content (AvgIpc) is 2.36. The zero-order valence-corrected chi connectivity index (χ0v) is 11.2. The summed E-state index contributed by atoms with van der Waals surface area (Å²) < 4.78 is 19.1. The third kappa shape index (κ3) is 3.69. The van der Waals surface area contributed by atoms with E-state index in [-0.39, 0.29) is 5.56 Å². The number of rotatable bonds is 4. The second kappa shape index (κ2) is 6.04. The van der Waals surface area contributed by atoms with E-state index in [1.807, 2.05) is 12.1 Å². The Labute approximate surface area is 116 Å². The van der Waals surface area contributed by atoms with Crippen LogP contribution in [0.3, 0.4) is 0 Å². The Kier molecular flexibility index (Phi) is 4.40. The lowest BCUT2D eigenvalue weighted by atomic mass is 10.1. The normalized spacial score (nSPS) is 12.2. The fourth-order valence-electron chi connectivity index (χ4n) is 1.73. The van der Waals surface area contributed by atoms with Crippen LogP contribution in [0, 0.1) is 5.82 Å².